The number of hydrogen-bond acceptors (Lipinski definition) is 3. The molecule has 0 aromatic heterocycles. The van der Waals surface area contributed by atoms with Gasteiger partial charge in [0.25, 0.3) is 5.79 Å². The third-order valence-corrected chi connectivity index (χ3v) is 4.03. The number of fused-ring (bicyclic) bond motifs is 1. The van der Waals surface area contributed by atoms with Crippen molar-refractivity contribution in [2.24, 2.45) is 0 Å². The molecule has 4 nitrogen and oxygen atoms in total. The Labute approximate surface area is 112 Å². The van der Waals surface area contributed by atoms with E-state index < -0.39 is 17.2 Å². The van der Waals surface area contributed by atoms with Crippen LogP contribution in [-0.2, 0) is 10.2 Å². The van der Waals surface area contributed by atoms with Crippen molar-refractivity contribution in [2.45, 2.75) is 50.7 Å². The van der Waals surface area contributed by atoms with Gasteiger partial charge in [0.1, 0.15) is 0 Å². The Morgan fingerprint density at radius 1 is 1.32 bits per heavy atom. The maximum Gasteiger partial charge on any atom is 0.304 e. The summed E-state index contributed by atoms with van der Waals surface area (Å²) in [6, 6.07) is 5.75. The molecule has 1 heterocycles. The SMILES string of the molecule is CC(C)(CC(=O)O)c1ccc2c(c1)OC1(CCC1)O2. The average molecular weight is 262 g/mol. The van der Waals surface area contributed by atoms with Gasteiger partial charge in [0.05, 0.1) is 6.42 Å². The Hall–Kier alpha value is -1.71. The van der Waals surface area contributed by atoms with Crippen LogP contribution in [0.3, 0.4) is 0 Å². The fourth-order valence-electron chi connectivity index (χ4n) is 2.66. The lowest BCUT2D eigenvalue weighted by Gasteiger charge is -2.35. The van der Waals surface area contributed by atoms with Crippen LogP contribution >= 0.6 is 0 Å². The predicted molar refractivity (Wildman–Crippen MR) is 69.6 cm³/mol. The van der Waals surface area contributed by atoms with Crippen molar-refractivity contribution >= 4 is 5.97 Å². The zero-order valence-electron chi connectivity index (χ0n) is 11.2. The molecule has 1 aromatic rings. The van der Waals surface area contributed by atoms with Crippen molar-refractivity contribution in [3.8, 4) is 11.5 Å². The highest BCUT2D eigenvalue weighted by atomic mass is 16.7. The minimum atomic E-state index is -0.793. The van der Waals surface area contributed by atoms with Gasteiger partial charge in [0.2, 0.25) is 0 Å². The van der Waals surface area contributed by atoms with Crippen LogP contribution in [0, 0.1) is 0 Å². The Morgan fingerprint density at radius 3 is 2.58 bits per heavy atom. The monoisotopic (exact) mass is 262 g/mol. The Balaban J connectivity index is 1.87. The van der Waals surface area contributed by atoms with Crippen LogP contribution in [-0.4, -0.2) is 16.9 Å². The second kappa shape index (κ2) is 3.89. The van der Waals surface area contributed by atoms with Gasteiger partial charge >= 0.3 is 5.97 Å². The summed E-state index contributed by atoms with van der Waals surface area (Å²) in [5, 5.41) is 8.98. The van der Waals surface area contributed by atoms with Gasteiger partial charge in [-0.25, -0.2) is 0 Å². The van der Waals surface area contributed by atoms with Crippen LogP contribution in [0.1, 0.15) is 45.1 Å². The van der Waals surface area contributed by atoms with Gasteiger partial charge < -0.3 is 14.6 Å². The summed E-state index contributed by atoms with van der Waals surface area (Å²) in [7, 11) is 0. The number of benzene rings is 1. The molecule has 3 rings (SSSR count). The Kier molecular flexibility index (Phi) is 2.52. The van der Waals surface area contributed by atoms with Crippen LogP contribution in [0.25, 0.3) is 0 Å². The summed E-state index contributed by atoms with van der Waals surface area (Å²) in [6.45, 7) is 3.86. The molecule has 0 unspecified atom stereocenters. The Bertz CT molecular complexity index is 529. The standard InChI is InChI=1S/C15H18O4/c1-14(2,9-13(16)17)10-4-5-11-12(8-10)19-15(18-11)6-3-7-15/h4-5,8H,3,6-7,9H2,1-2H3,(H,16,17). The first-order chi connectivity index (χ1) is 8.90. The molecule has 102 valence electrons. The van der Waals surface area contributed by atoms with Gasteiger partial charge in [-0.05, 0) is 24.1 Å². The van der Waals surface area contributed by atoms with Gasteiger partial charge in [-0.3, -0.25) is 4.79 Å². The molecule has 2 aliphatic rings. The highest BCUT2D eigenvalue weighted by Crippen LogP contribution is 2.49. The number of hydrogen-bond donors (Lipinski definition) is 1. The van der Waals surface area contributed by atoms with Gasteiger partial charge in [-0.15, -0.1) is 0 Å². The summed E-state index contributed by atoms with van der Waals surface area (Å²) in [6.07, 6.45) is 3.08. The molecule has 1 aliphatic carbocycles. The fourth-order valence-corrected chi connectivity index (χ4v) is 2.66. The molecule has 0 saturated heterocycles. The first kappa shape index (κ1) is 12.3. The summed E-state index contributed by atoms with van der Waals surface area (Å²) in [5.41, 5.74) is 0.549. The quantitative estimate of drug-likeness (QED) is 0.909. The summed E-state index contributed by atoms with van der Waals surface area (Å²) in [4.78, 5) is 10.9. The average Bonchev–Trinajstić information content (AvgIpc) is 2.65. The first-order valence-electron chi connectivity index (χ1n) is 6.65. The van der Waals surface area contributed by atoms with Crippen LogP contribution in [0.15, 0.2) is 18.2 Å². The normalized spacial score (nSPS) is 19.3. The fraction of sp³-hybridized carbons (Fsp3) is 0.533. The molecule has 1 saturated carbocycles. The molecule has 0 bridgehead atoms. The first-order valence-corrected chi connectivity index (χ1v) is 6.65. The largest absolute Gasteiger partial charge is 0.481 e. The zero-order valence-corrected chi connectivity index (χ0v) is 11.2. The lowest BCUT2D eigenvalue weighted by Crippen LogP contribution is -2.45. The molecular formula is C15H18O4. The number of carbonyl (C=O) groups is 1. The molecule has 0 radical (unpaired) electrons. The molecule has 4 heteroatoms. The minimum Gasteiger partial charge on any atom is -0.481 e. The second-order valence-corrected chi connectivity index (χ2v) is 6.08. The van der Waals surface area contributed by atoms with Crippen molar-refractivity contribution in [3.63, 3.8) is 0 Å². The Morgan fingerprint density at radius 2 is 2.00 bits per heavy atom. The second-order valence-electron chi connectivity index (χ2n) is 6.08. The van der Waals surface area contributed by atoms with E-state index in [-0.39, 0.29) is 6.42 Å². The van der Waals surface area contributed by atoms with E-state index in [1.165, 1.54) is 0 Å². The van der Waals surface area contributed by atoms with E-state index in [4.69, 9.17) is 14.6 Å². The molecule has 0 atom stereocenters. The number of rotatable bonds is 3. The highest BCUT2D eigenvalue weighted by molar-refractivity contribution is 5.69. The summed E-state index contributed by atoms with van der Waals surface area (Å²) < 4.78 is 11.7. The van der Waals surface area contributed by atoms with E-state index in [0.717, 1.165) is 36.3 Å². The van der Waals surface area contributed by atoms with Crippen molar-refractivity contribution in [2.75, 3.05) is 0 Å². The van der Waals surface area contributed by atoms with Crippen LogP contribution < -0.4 is 9.47 Å². The number of carboxylic acids is 1. The van der Waals surface area contributed by atoms with Crippen LogP contribution in [0.2, 0.25) is 0 Å². The van der Waals surface area contributed by atoms with Gasteiger partial charge in [0.15, 0.2) is 11.5 Å². The molecule has 1 aliphatic heterocycles. The van der Waals surface area contributed by atoms with Crippen LogP contribution in [0.4, 0.5) is 0 Å². The van der Waals surface area contributed by atoms with E-state index in [9.17, 15) is 4.79 Å². The van der Waals surface area contributed by atoms with E-state index in [1.807, 2.05) is 32.0 Å². The van der Waals surface area contributed by atoms with E-state index >= 15 is 0 Å². The predicted octanol–water partition coefficient (Wildman–Crippen LogP) is 3.09. The smallest absolute Gasteiger partial charge is 0.304 e. The molecule has 1 aromatic carbocycles. The van der Waals surface area contributed by atoms with Crippen molar-refractivity contribution in [3.05, 3.63) is 23.8 Å². The van der Waals surface area contributed by atoms with Crippen molar-refractivity contribution < 1.29 is 19.4 Å². The van der Waals surface area contributed by atoms with E-state index in [0.29, 0.717) is 0 Å². The van der Waals surface area contributed by atoms with Crippen LogP contribution in [0.5, 0.6) is 11.5 Å². The summed E-state index contributed by atoms with van der Waals surface area (Å²) in [5.74, 6) is 0.293. The van der Waals surface area contributed by atoms with Gasteiger partial charge in [-0.1, -0.05) is 19.9 Å². The third kappa shape index (κ3) is 2.05. The number of ether oxygens (including phenoxy) is 2. The number of carboxylic acid groups (broad SMARTS) is 1. The maximum atomic E-state index is 10.9. The molecule has 0 amide bonds. The molecule has 1 N–H and O–H groups in total. The zero-order chi connectivity index (χ0) is 13.7. The lowest BCUT2D eigenvalue weighted by molar-refractivity contribution is -0.139. The summed E-state index contributed by atoms with van der Waals surface area (Å²) >= 11 is 0. The van der Waals surface area contributed by atoms with E-state index in [1.54, 1.807) is 0 Å². The molecule has 19 heavy (non-hydrogen) atoms. The highest BCUT2D eigenvalue weighted by Gasteiger charge is 2.47. The van der Waals surface area contributed by atoms with Crippen molar-refractivity contribution in [1.29, 1.82) is 0 Å². The van der Waals surface area contributed by atoms with Gasteiger partial charge in [-0.2, -0.15) is 0 Å². The third-order valence-electron chi connectivity index (χ3n) is 4.03. The lowest BCUT2D eigenvalue weighted by atomic mass is 9.81. The minimum absolute atomic E-state index is 0.0950. The van der Waals surface area contributed by atoms with E-state index in [2.05, 4.69) is 0 Å². The maximum absolute atomic E-state index is 10.9. The topological polar surface area (TPSA) is 55.8 Å². The molecule has 1 fully saturated rings. The molecule has 1 spiro atoms. The van der Waals surface area contributed by atoms with Crippen molar-refractivity contribution in [1.82, 2.24) is 0 Å². The molecular weight excluding hydrogens is 244 g/mol. The van der Waals surface area contributed by atoms with Gasteiger partial charge in [0, 0.05) is 18.3 Å². The number of aliphatic carboxylic acids is 1.